The highest BCUT2D eigenvalue weighted by Gasteiger charge is 2.30. The Morgan fingerprint density at radius 1 is 1.53 bits per heavy atom. The van der Waals surface area contributed by atoms with Gasteiger partial charge in [-0.05, 0) is 52.9 Å². The molecular formula is C13H23N3S. The Morgan fingerprint density at radius 2 is 2.35 bits per heavy atom. The second-order valence-corrected chi connectivity index (χ2v) is 5.96. The summed E-state index contributed by atoms with van der Waals surface area (Å²) < 4.78 is 0. The van der Waals surface area contributed by atoms with Crippen molar-refractivity contribution in [3.63, 3.8) is 0 Å². The van der Waals surface area contributed by atoms with E-state index < -0.39 is 0 Å². The van der Waals surface area contributed by atoms with Gasteiger partial charge in [0, 0.05) is 11.1 Å². The number of likely N-dealkylation sites (tertiary alicyclic amines) is 1. The van der Waals surface area contributed by atoms with Gasteiger partial charge in [0.2, 0.25) is 0 Å². The lowest BCUT2D eigenvalue weighted by Crippen LogP contribution is -2.33. The van der Waals surface area contributed by atoms with Crippen molar-refractivity contribution in [3.8, 4) is 0 Å². The normalized spacial score (nSPS) is 27.0. The molecule has 0 amide bonds. The summed E-state index contributed by atoms with van der Waals surface area (Å²) in [6.45, 7) is 4.38. The van der Waals surface area contributed by atoms with Gasteiger partial charge in [-0.1, -0.05) is 6.42 Å². The molecule has 1 aromatic heterocycles. The first-order valence-electron chi connectivity index (χ1n) is 6.49. The van der Waals surface area contributed by atoms with Crippen LogP contribution in [0.15, 0.2) is 5.38 Å². The Morgan fingerprint density at radius 3 is 3.00 bits per heavy atom. The van der Waals surface area contributed by atoms with Gasteiger partial charge in [-0.3, -0.25) is 4.90 Å². The maximum atomic E-state index is 4.71. The molecule has 17 heavy (non-hydrogen) atoms. The molecule has 2 unspecified atom stereocenters. The first kappa shape index (κ1) is 13.0. The number of nitrogens with zero attached hydrogens (tertiary/aromatic N) is 2. The predicted molar refractivity (Wildman–Crippen MR) is 73.5 cm³/mol. The van der Waals surface area contributed by atoms with Gasteiger partial charge >= 0.3 is 0 Å². The van der Waals surface area contributed by atoms with Crippen molar-refractivity contribution in [2.24, 2.45) is 5.92 Å². The molecule has 1 N–H and O–H groups in total. The Kier molecular flexibility index (Phi) is 4.54. The number of hydrogen-bond donors (Lipinski definition) is 1. The van der Waals surface area contributed by atoms with Crippen LogP contribution in [0.2, 0.25) is 0 Å². The molecule has 0 aliphatic carbocycles. The van der Waals surface area contributed by atoms with Crippen LogP contribution < -0.4 is 5.32 Å². The van der Waals surface area contributed by atoms with E-state index in [1.807, 2.05) is 11.3 Å². The minimum atomic E-state index is 0.503. The van der Waals surface area contributed by atoms with E-state index in [9.17, 15) is 0 Å². The third kappa shape index (κ3) is 3.06. The molecule has 1 aromatic rings. The molecule has 4 heteroatoms. The summed E-state index contributed by atoms with van der Waals surface area (Å²) in [6.07, 6.45) is 3.98. The fraction of sp³-hybridized carbons (Fsp3) is 0.769. The molecule has 0 bridgehead atoms. The second-order valence-electron chi connectivity index (χ2n) is 5.07. The van der Waals surface area contributed by atoms with E-state index in [-0.39, 0.29) is 0 Å². The van der Waals surface area contributed by atoms with Crippen molar-refractivity contribution in [2.75, 3.05) is 27.2 Å². The molecule has 2 atom stereocenters. The van der Waals surface area contributed by atoms with Crippen molar-refractivity contribution in [1.29, 1.82) is 0 Å². The first-order valence-corrected chi connectivity index (χ1v) is 7.37. The van der Waals surface area contributed by atoms with E-state index in [4.69, 9.17) is 4.98 Å². The zero-order chi connectivity index (χ0) is 12.3. The number of hydrogen-bond acceptors (Lipinski definition) is 4. The number of nitrogens with one attached hydrogen (secondary N) is 1. The summed E-state index contributed by atoms with van der Waals surface area (Å²) in [6, 6.07) is 0.503. The smallest absolute Gasteiger partial charge is 0.110 e. The van der Waals surface area contributed by atoms with E-state index in [0.29, 0.717) is 12.0 Å². The summed E-state index contributed by atoms with van der Waals surface area (Å²) in [5.74, 6) is 0.693. The highest BCUT2D eigenvalue weighted by Crippen LogP contribution is 2.35. The first-order chi connectivity index (χ1) is 8.22. The van der Waals surface area contributed by atoms with Crippen LogP contribution in [0, 0.1) is 12.8 Å². The lowest BCUT2D eigenvalue weighted by Gasteiger charge is -2.30. The van der Waals surface area contributed by atoms with E-state index >= 15 is 0 Å². The van der Waals surface area contributed by atoms with E-state index in [0.717, 1.165) is 12.2 Å². The topological polar surface area (TPSA) is 28.2 Å². The van der Waals surface area contributed by atoms with Crippen LogP contribution in [0.4, 0.5) is 0 Å². The van der Waals surface area contributed by atoms with Gasteiger partial charge in [0.05, 0.1) is 6.04 Å². The van der Waals surface area contributed by atoms with Crippen molar-refractivity contribution in [3.05, 3.63) is 16.1 Å². The predicted octanol–water partition coefficient (Wildman–Crippen LogP) is 2.44. The number of thiazole rings is 1. The summed E-state index contributed by atoms with van der Waals surface area (Å²) in [5.41, 5.74) is 1.16. The molecule has 3 nitrogen and oxygen atoms in total. The summed E-state index contributed by atoms with van der Waals surface area (Å²) in [5, 5.41) is 6.81. The largest absolute Gasteiger partial charge is 0.319 e. The molecule has 2 rings (SSSR count). The highest BCUT2D eigenvalue weighted by atomic mass is 32.1. The van der Waals surface area contributed by atoms with Gasteiger partial charge in [0.15, 0.2) is 0 Å². The molecule has 0 radical (unpaired) electrons. The Balaban J connectivity index is 2.22. The standard InChI is InChI=1S/C13H23N3S/c1-10-9-17-13(15-10)12-11(8-14-2)6-4-5-7-16(12)3/h9,11-12,14H,4-8H2,1-3H3. The Labute approximate surface area is 108 Å². The lowest BCUT2D eigenvalue weighted by atomic mass is 9.95. The Bertz CT molecular complexity index is 350. The van der Waals surface area contributed by atoms with Crippen LogP contribution in [0.1, 0.15) is 36.0 Å². The van der Waals surface area contributed by atoms with E-state index in [1.165, 1.54) is 30.8 Å². The summed E-state index contributed by atoms with van der Waals surface area (Å²) >= 11 is 1.82. The molecule has 1 aliphatic heterocycles. The SMILES string of the molecule is CNCC1CCCCN(C)C1c1nc(C)cs1. The zero-order valence-corrected chi connectivity index (χ0v) is 11.9. The summed E-state index contributed by atoms with van der Waals surface area (Å²) in [4.78, 5) is 7.20. The summed E-state index contributed by atoms with van der Waals surface area (Å²) in [7, 11) is 4.30. The van der Waals surface area contributed by atoms with Crippen LogP contribution >= 0.6 is 11.3 Å². The second kappa shape index (κ2) is 5.94. The van der Waals surface area contributed by atoms with Gasteiger partial charge < -0.3 is 5.32 Å². The van der Waals surface area contributed by atoms with Crippen LogP contribution in [0.25, 0.3) is 0 Å². The highest BCUT2D eigenvalue weighted by molar-refractivity contribution is 7.09. The fourth-order valence-corrected chi connectivity index (χ4v) is 3.85. The maximum absolute atomic E-state index is 4.71. The number of aromatic nitrogens is 1. The monoisotopic (exact) mass is 253 g/mol. The molecule has 1 aliphatic rings. The van der Waals surface area contributed by atoms with Crippen LogP contribution in [-0.4, -0.2) is 37.1 Å². The molecule has 2 heterocycles. The van der Waals surface area contributed by atoms with E-state index in [1.54, 1.807) is 0 Å². The average molecular weight is 253 g/mol. The number of aryl methyl sites for hydroxylation is 1. The van der Waals surface area contributed by atoms with E-state index in [2.05, 4.69) is 36.6 Å². The van der Waals surface area contributed by atoms with Gasteiger partial charge in [-0.15, -0.1) is 11.3 Å². The Hall–Kier alpha value is -0.450. The molecular weight excluding hydrogens is 230 g/mol. The third-order valence-electron chi connectivity index (χ3n) is 3.61. The molecule has 0 aromatic carbocycles. The minimum Gasteiger partial charge on any atom is -0.319 e. The fourth-order valence-electron chi connectivity index (χ4n) is 2.80. The molecule has 1 saturated heterocycles. The van der Waals surface area contributed by atoms with Gasteiger partial charge in [-0.2, -0.15) is 0 Å². The van der Waals surface area contributed by atoms with Crippen molar-refractivity contribution in [2.45, 2.75) is 32.2 Å². The van der Waals surface area contributed by atoms with Gasteiger partial charge in [-0.25, -0.2) is 4.98 Å². The van der Waals surface area contributed by atoms with Gasteiger partial charge in [0.25, 0.3) is 0 Å². The number of rotatable bonds is 3. The van der Waals surface area contributed by atoms with Crippen LogP contribution in [-0.2, 0) is 0 Å². The quantitative estimate of drug-likeness (QED) is 0.897. The molecule has 0 saturated carbocycles. The zero-order valence-electron chi connectivity index (χ0n) is 11.1. The van der Waals surface area contributed by atoms with Gasteiger partial charge in [0.1, 0.15) is 5.01 Å². The maximum Gasteiger partial charge on any atom is 0.110 e. The average Bonchev–Trinajstić information content (AvgIpc) is 2.62. The van der Waals surface area contributed by atoms with Crippen molar-refractivity contribution in [1.82, 2.24) is 15.2 Å². The molecule has 96 valence electrons. The van der Waals surface area contributed by atoms with Crippen molar-refractivity contribution >= 4 is 11.3 Å². The minimum absolute atomic E-state index is 0.503. The van der Waals surface area contributed by atoms with Crippen molar-refractivity contribution < 1.29 is 0 Å². The third-order valence-corrected chi connectivity index (χ3v) is 4.65. The van der Waals surface area contributed by atoms with Crippen LogP contribution in [0.3, 0.4) is 0 Å². The lowest BCUT2D eigenvalue weighted by molar-refractivity contribution is 0.190. The molecule has 0 spiro atoms. The van der Waals surface area contributed by atoms with Crippen LogP contribution in [0.5, 0.6) is 0 Å². The molecule has 1 fully saturated rings.